The van der Waals surface area contributed by atoms with Gasteiger partial charge in [-0.05, 0) is 37.0 Å². The first-order valence-corrected chi connectivity index (χ1v) is 10.2. The van der Waals surface area contributed by atoms with Crippen LogP contribution < -0.4 is 4.74 Å². The van der Waals surface area contributed by atoms with Gasteiger partial charge >= 0.3 is 0 Å². The molecule has 8 heteroatoms. The zero-order valence-electron chi connectivity index (χ0n) is 15.2. The number of hydrogen-bond acceptors (Lipinski definition) is 6. The number of nitrogens with zero attached hydrogens (tertiary/aromatic N) is 3. The minimum Gasteiger partial charge on any atom is -0.435 e. The van der Waals surface area contributed by atoms with Crippen LogP contribution in [0.1, 0.15) is 22.7 Å². The highest BCUT2D eigenvalue weighted by atomic mass is 32.1. The van der Waals surface area contributed by atoms with Gasteiger partial charge in [0.05, 0.1) is 25.1 Å². The monoisotopic (exact) mass is 403 g/mol. The third-order valence-corrected chi connectivity index (χ3v) is 6.33. The predicted molar refractivity (Wildman–Crippen MR) is 102 cm³/mol. The van der Waals surface area contributed by atoms with Gasteiger partial charge in [-0.15, -0.1) is 11.3 Å². The second-order valence-electron chi connectivity index (χ2n) is 7.05. The number of halogens is 2. The molecule has 5 nitrogen and oxygen atoms in total. The molecule has 0 spiro atoms. The number of morpholine rings is 1. The summed E-state index contributed by atoms with van der Waals surface area (Å²) in [6, 6.07) is 3.30. The quantitative estimate of drug-likeness (QED) is 0.657. The second kappa shape index (κ2) is 7.35. The lowest BCUT2D eigenvalue weighted by Gasteiger charge is -2.25. The lowest BCUT2D eigenvalue weighted by Crippen LogP contribution is -2.36. The van der Waals surface area contributed by atoms with Gasteiger partial charge in [0.1, 0.15) is 16.5 Å². The fourth-order valence-electron chi connectivity index (χ4n) is 3.77. The summed E-state index contributed by atoms with van der Waals surface area (Å²) in [6.45, 7) is 3.62. The van der Waals surface area contributed by atoms with E-state index in [4.69, 9.17) is 14.5 Å². The molecule has 3 heterocycles. The normalized spacial score (nSPS) is 17.2. The molecule has 1 aliphatic carbocycles. The van der Waals surface area contributed by atoms with Crippen molar-refractivity contribution in [2.75, 3.05) is 26.3 Å². The van der Waals surface area contributed by atoms with Crippen molar-refractivity contribution in [3.05, 3.63) is 46.1 Å². The summed E-state index contributed by atoms with van der Waals surface area (Å²) in [7, 11) is 0. The van der Waals surface area contributed by atoms with E-state index < -0.39 is 11.6 Å². The molecule has 146 valence electrons. The molecule has 1 saturated heterocycles. The SMILES string of the molecule is Fc1ccc(Oc2nc(CN3CCOCC3)nc3sc4c(c23)CCC4)c(F)c1. The largest absolute Gasteiger partial charge is 0.435 e. The fraction of sp³-hybridized carbons (Fsp3) is 0.400. The summed E-state index contributed by atoms with van der Waals surface area (Å²) in [5.41, 5.74) is 1.20. The molecule has 1 aromatic carbocycles. The maximum absolute atomic E-state index is 14.2. The van der Waals surface area contributed by atoms with E-state index in [1.165, 1.54) is 22.6 Å². The Morgan fingerprint density at radius 3 is 2.82 bits per heavy atom. The molecule has 0 radical (unpaired) electrons. The van der Waals surface area contributed by atoms with Crippen molar-refractivity contribution in [3.8, 4) is 11.6 Å². The van der Waals surface area contributed by atoms with Gasteiger partial charge in [0.15, 0.2) is 11.6 Å². The van der Waals surface area contributed by atoms with Crippen molar-refractivity contribution in [1.29, 1.82) is 0 Å². The summed E-state index contributed by atoms with van der Waals surface area (Å²) >= 11 is 1.67. The third kappa shape index (κ3) is 3.36. The summed E-state index contributed by atoms with van der Waals surface area (Å²) in [5, 5.41) is 0.868. The van der Waals surface area contributed by atoms with Gasteiger partial charge in [0, 0.05) is 24.0 Å². The molecule has 1 aliphatic heterocycles. The van der Waals surface area contributed by atoms with Crippen LogP contribution in [0, 0.1) is 11.6 Å². The molecule has 0 saturated carbocycles. The van der Waals surface area contributed by atoms with Gasteiger partial charge < -0.3 is 9.47 Å². The molecule has 3 aromatic rings. The van der Waals surface area contributed by atoms with E-state index in [1.807, 2.05) is 0 Å². The van der Waals surface area contributed by atoms with Crippen molar-refractivity contribution >= 4 is 21.6 Å². The molecule has 0 bridgehead atoms. The van der Waals surface area contributed by atoms with Crippen LogP contribution in [0.25, 0.3) is 10.2 Å². The zero-order valence-corrected chi connectivity index (χ0v) is 16.0. The minimum atomic E-state index is -0.742. The topological polar surface area (TPSA) is 47.5 Å². The Kier molecular flexibility index (Phi) is 4.70. The first-order valence-electron chi connectivity index (χ1n) is 9.41. The highest BCUT2D eigenvalue weighted by molar-refractivity contribution is 7.19. The number of aryl methyl sites for hydroxylation is 2. The molecule has 0 amide bonds. The zero-order chi connectivity index (χ0) is 19.1. The van der Waals surface area contributed by atoms with Gasteiger partial charge in [-0.3, -0.25) is 4.90 Å². The Hall–Kier alpha value is -2.16. The Labute approximate surface area is 164 Å². The summed E-state index contributed by atoms with van der Waals surface area (Å²) in [4.78, 5) is 13.8. The van der Waals surface area contributed by atoms with Crippen LogP contribution in [-0.2, 0) is 24.1 Å². The number of aromatic nitrogens is 2. The van der Waals surface area contributed by atoms with Crippen molar-refractivity contribution in [3.63, 3.8) is 0 Å². The van der Waals surface area contributed by atoms with E-state index in [0.29, 0.717) is 31.5 Å². The Bertz CT molecular complexity index is 1030. The first kappa shape index (κ1) is 17.9. The lowest BCUT2D eigenvalue weighted by molar-refractivity contribution is 0.0330. The Morgan fingerprint density at radius 1 is 1.14 bits per heavy atom. The lowest BCUT2D eigenvalue weighted by atomic mass is 10.2. The van der Waals surface area contributed by atoms with Gasteiger partial charge in [0.25, 0.3) is 0 Å². The average molecular weight is 403 g/mol. The van der Waals surface area contributed by atoms with Crippen molar-refractivity contribution in [2.24, 2.45) is 0 Å². The fourth-order valence-corrected chi connectivity index (χ4v) is 5.04. The number of thiophene rings is 1. The number of benzene rings is 1. The molecule has 0 atom stereocenters. The smallest absolute Gasteiger partial charge is 0.231 e. The van der Waals surface area contributed by atoms with Gasteiger partial charge in [-0.1, -0.05) is 0 Å². The standard InChI is InChI=1S/C20H19F2N3O2S/c21-12-4-5-15(14(22)10-12)27-19-18-13-2-1-3-16(13)28-20(18)24-17(23-19)11-25-6-8-26-9-7-25/h4-5,10H,1-3,6-9,11H2. The van der Waals surface area contributed by atoms with E-state index in [0.717, 1.165) is 48.6 Å². The van der Waals surface area contributed by atoms with Crippen LogP contribution in [0.3, 0.4) is 0 Å². The summed E-state index contributed by atoms with van der Waals surface area (Å²) in [6.07, 6.45) is 3.07. The van der Waals surface area contributed by atoms with Crippen molar-refractivity contribution in [2.45, 2.75) is 25.8 Å². The highest BCUT2D eigenvalue weighted by Crippen LogP contribution is 2.41. The molecule has 2 aromatic heterocycles. The maximum Gasteiger partial charge on any atom is 0.231 e. The van der Waals surface area contributed by atoms with Crippen LogP contribution in [-0.4, -0.2) is 41.2 Å². The number of ether oxygens (including phenoxy) is 2. The van der Waals surface area contributed by atoms with E-state index >= 15 is 0 Å². The third-order valence-electron chi connectivity index (χ3n) is 5.15. The summed E-state index contributed by atoms with van der Waals surface area (Å²) in [5.74, 6) is -0.405. The Balaban J connectivity index is 1.56. The van der Waals surface area contributed by atoms with Crippen LogP contribution >= 0.6 is 11.3 Å². The van der Waals surface area contributed by atoms with E-state index in [9.17, 15) is 8.78 Å². The molecule has 0 N–H and O–H groups in total. The second-order valence-corrected chi connectivity index (χ2v) is 8.13. The van der Waals surface area contributed by atoms with E-state index in [1.54, 1.807) is 11.3 Å². The minimum absolute atomic E-state index is 0.0309. The van der Waals surface area contributed by atoms with E-state index in [2.05, 4.69) is 9.88 Å². The average Bonchev–Trinajstić information content (AvgIpc) is 3.25. The summed E-state index contributed by atoms with van der Waals surface area (Å²) < 4.78 is 38.7. The van der Waals surface area contributed by atoms with Gasteiger partial charge in [0.2, 0.25) is 5.88 Å². The number of rotatable bonds is 4. The molecule has 28 heavy (non-hydrogen) atoms. The van der Waals surface area contributed by atoms with Crippen LogP contribution in [0.4, 0.5) is 8.78 Å². The maximum atomic E-state index is 14.2. The Morgan fingerprint density at radius 2 is 2.00 bits per heavy atom. The predicted octanol–water partition coefficient (Wildman–Crippen LogP) is 4.08. The molecule has 2 aliphatic rings. The number of hydrogen-bond donors (Lipinski definition) is 0. The van der Waals surface area contributed by atoms with Crippen LogP contribution in [0.2, 0.25) is 0 Å². The van der Waals surface area contributed by atoms with Crippen molar-refractivity contribution < 1.29 is 18.3 Å². The van der Waals surface area contributed by atoms with Crippen molar-refractivity contribution in [1.82, 2.24) is 14.9 Å². The van der Waals surface area contributed by atoms with Crippen LogP contribution in [0.5, 0.6) is 11.6 Å². The number of fused-ring (bicyclic) bond motifs is 3. The first-order chi connectivity index (χ1) is 13.7. The van der Waals surface area contributed by atoms with E-state index in [-0.39, 0.29) is 5.75 Å². The molecular formula is C20H19F2N3O2S. The van der Waals surface area contributed by atoms with Gasteiger partial charge in [-0.2, -0.15) is 4.98 Å². The molecule has 5 rings (SSSR count). The van der Waals surface area contributed by atoms with Gasteiger partial charge in [-0.25, -0.2) is 13.8 Å². The highest BCUT2D eigenvalue weighted by Gasteiger charge is 2.25. The molecule has 1 fully saturated rings. The molecule has 0 unspecified atom stereocenters. The van der Waals surface area contributed by atoms with Crippen LogP contribution in [0.15, 0.2) is 18.2 Å². The molecular weight excluding hydrogens is 384 g/mol.